The molecule has 2 N–H and O–H groups in total. The van der Waals surface area contributed by atoms with Gasteiger partial charge in [-0.25, -0.2) is 4.39 Å². The molecule has 6 aromatic rings. The number of phenolic OH excluding ortho intramolecular Hbond substituents is 1. The molecule has 3 heterocycles. The van der Waals surface area contributed by atoms with Crippen molar-refractivity contribution in [3.05, 3.63) is 186 Å². The van der Waals surface area contributed by atoms with Crippen molar-refractivity contribution in [1.29, 1.82) is 0 Å². The fraction of sp³-hybridized carbons (Fsp3) is 0.241. The van der Waals surface area contributed by atoms with Gasteiger partial charge in [0.15, 0.2) is 11.6 Å². The van der Waals surface area contributed by atoms with Gasteiger partial charge in [0.25, 0.3) is 8.32 Å². The maximum Gasteiger partial charge on any atom is 0.261 e. The molecule has 2 amide bonds. The highest BCUT2D eigenvalue weighted by atomic mass is 28.4. The summed E-state index contributed by atoms with van der Waals surface area (Å²) in [5.74, 6) is -3.00. The summed E-state index contributed by atoms with van der Waals surface area (Å²) in [5, 5.41) is 15.3. The van der Waals surface area contributed by atoms with Crippen LogP contribution in [0, 0.1) is 23.6 Å². The van der Waals surface area contributed by atoms with Crippen LogP contribution in [0.2, 0.25) is 5.04 Å². The number of carbonyl (C=O) groups excluding carboxylic acids is 2. The Kier molecular flexibility index (Phi) is 12.0. The molecule has 0 unspecified atom stereocenters. The number of aromatic nitrogens is 1. The zero-order valence-corrected chi connectivity index (χ0v) is 37.3. The number of carbonyl (C=O) groups is 2. The predicted molar refractivity (Wildman–Crippen MR) is 253 cm³/mol. The van der Waals surface area contributed by atoms with Gasteiger partial charge in [0.05, 0.1) is 42.5 Å². The van der Waals surface area contributed by atoms with Crippen LogP contribution in [0.5, 0.6) is 5.75 Å². The summed E-state index contributed by atoms with van der Waals surface area (Å²) in [7, 11) is -3.00. The van der Waals surface area contributed by atoms with Crippen molar-refractivity contribution in [1.82, 2.24) is 4.98 Å². The number of fused-ring (bicyclic) bond motifs is 3. The summed E-state index contributed by atoms with van der Waals surface area (Å²) in [6.07, 6.45) is 4.71. The molecule has 9 rings (SSSR count). The van der Waals surface area contributed by atoms with Gasteiger partial charge in [0.1, 0.15) is 0 Å². The molecule has 3 aliphatic rings. The number of imide groups is 1. The summed E-state index contributed by atoms with van der Waals surface area (Å²) in [5.41, 5.74) is 6.60. The van der Waals surface area contributed by atoms with Crippen molar-refractivity contribution in [3.8, 4) is 5.75 Å². The summed E-state index contributed by atoms with van der Waals surface area (Å²) in [4.78, 5) is 35.4. The molecule has 0 radical (unpaired) electrons. The first-order valence-electron chi connectivity index (χ1n) is 22.0. The van der Waals surface area contributed by atoms with Gasteiger partial charge in [-0.05, 0) is 124 Å². The van der Waals surface area contributed by atoms with Crippen LogP contribution in [0.1, 0.15) is 51.3 Å². The minimum atomic E-state index is -3.00. The molecule has 5 aromatic carbocycles. The van der Waals surface area contributed by atoms with Crippen LogP contribution in [0.4, 0.5) is 21.5 Å². The van der Waals surface area contributed by atoms with Gasteiger partial charge in [0.2, 0.25) is 11.8 Å². The lowest BCUT2D eigenvalue weighted by atomic mass is 9.69. The van der Waals surface area contributed by atoms with Crippen molar-refractivity contribution >= 4 is 59.2 Å². The third-order valence-corrected chi connectivity index (χ3v) is 18.0. The lowest BCUT2D eigenvalue weighted by molar-refractivity contribution is -0.122. The van der Waals surface area contributed by atoms with E-state index in [2.05, 4.69) is 79.6 Å². The van der Waals surface area contributed by atoms with Crippen LogP contribution >= 0.6 is 0 Å². The molecule has 64 heavy (non-hydrogen) atoms. The fourth-order valence-electron chi connectivity index (χ4n) is 10.1. The number of halogens is 1. The van der Waals surface area contributed by atoms with Crippen molar-refractivity contribution in [3.63, 3.8) is 0 Å². The van der Waals surface area contributed by atoms with Gasteiger partial charge in [-0.3, -0.25) is 19.5 Å². The van der Waals surface area contributed by atoms with E-state index in [0.29, 0.717) is 37.1 Å². The Balaban J connectivity index is 1.08. The van der Waals surface area contributed by atoms with Gasteiger partial charge in [-0.15, -0.1) is 0 Å². The van der Waals surface area contributed by atoms with E-state index in [1.807, 2.05) is 91.0 Å². The van der Waals surface area contributed by atoms with Crippen LogP contribution in [0.3, 0.4) is 0 Å². The largest absolute Gasteiger partial charge is 0.505 e. The number of nitrogens with one attached hydrogen (secondary N) is 1. The zero-order valence-electron chi connectivity index (χ0n) is 36.3. The van der Waals surface area contributed by atoms with E-state index in [1.54, 1.807) is 12.3 Å². The first kappa shape index (κ1) is 42.8. The summed E-state index contributed by atoms with van der Waals surface area (Å²) in [6.45, 7) is 7.33. The maximum absolute atomic E-state index is 14.7. The first-order chi connectivity index (χ1) is 31.0. The molecule has 0 bridgehead atoms. The van der Waals surface area contributed by atoms with E-state index in [1.165, 1.54) is 17.0 Å². The second kappa shape index (κ2) is 18.0. The van der Waals surface area contributed by atoms with Crippen molar-refractivity contribution in [2.45, 2.75) is 51.2 Å². The van der Waals surface area contributed by atoms with Gasteiger partial charge in [-0.1, -0.05) is 112 Å². The number of pyridine rings is 1. The smallest absolute Gasteiger partial charge is 0.261 e. The summed E-state index contributed by atoms with van der Waals surface area (Å²) < 4.78 is 28.9. The molecule has 1 aromatic heterocycles. The molecule has 4 atom stereocenters. The van der Waals surface area contributed by atoms with Crippen LogP contribution < -0.4 is 20.6 Å². The Morgan fingerprint density at radius 3 is 2.09 bits per heavy atom. The number of hydrogen-bond donors (Lipinski definition) is 2. The molecule has 0 saturated carbocycles. The number of aromatic hydroxyl groups is 1. The Bertz CT molecular complexity index is 2650. The highest BCUT2D eigenvalue weighted by molar-refractivity contribution is 6.99. The third kappa shape index (κ3) is 8.25. The van der Waals surface area contributed by atoms with Gasteiger partial charge in [-0.2, -0.15) is 0 Å². The zero-order chi connectivity index (χ0) is 44.4. The molecule has 8 nitrogen and oxygen atoms in total. The summed E-state index contributed by atoms with van der Waals surface area (Å²) >= 11 is 0. The average molecular weight is 870 g/mol. The van der Waals surface area contributed by atoms with E-state index >= 15 is 0 Å². The second-order valence-corrected chi connectivity index (χ2v) is 22.3. The molecule has 0 spiro atoms. The van der Waals surface area contributed by atoms with Crippen LogP contribution in [0.15, 0.2) is 169 Å². The number of rotatable bonds is 13. The highest BCUT2D eigenvalue weighted by Gasteiger charge is 2.58. The van der Waals surface area contributed by atoms with E-state index in [9.17, 15) is 19.1 Å². The third-order valence-electron chi connectivity index (χ3n) is 13.1. The van der Waals surface area contributed by atoms with Crippen LogP contribution in [0.25, 0.3) is 11.6 Å². The Labute approximate surface area is 375 Å². The molecular weight excluding hydrogens is 818 g/mol. The minimum absolute atomic E-state index is 0.203. The molecule has 10 heteroatoms. The minimum Gasteiger partial charge on any atom is -0.505 e. The molecule has 2 saturated heterocycles. The number of para-hydroxylation sites is 1. The van der Waals surface area contributed by atoms with Crippen molar-refractivity contribution in [2.24, 2.45) is 17.8 Å². The Morgan fingerprint density at radius 2 is 1.47 bits per heavy atom. The van der Waals surface area contributed by atoms with Crippen molar-refractivity contribution < 1.29 is 28.2 Å². The first-order valence-corrected chi connectivity index (χ1v) is 23.9. The highest BCUT2D eigenvalue weighted by Crippen LogP contribution is 2.51. The number of nitrogens with zero attached hydrogens (tertiary/aromatic N) is 2. The van der Waals surface area contributed by atoms with Gasteiger partial charge < -0.3 is 19.6 Å². The van der Waals surface area contributed by atoms with E-state index in [4.69, 9.17) is 9.16 Å². The number of benzene rings is 5. The molecular formula is C54H52FN3O5Si. The topological polar surface area (TPSA) is 101 Å². The van der Waals surface area contributed by atoms with Crippen LogP contribution in [-0.4, -0.2) is 49.5 Å². The van der Waals surface area contributed by atoms with Crippen LogP contribution in [-0.2, 0) is 18.8 Å². The quantitative estimate of drug-likeness (QED) is 0.0677. The van der Waals surface area contributed by atoms with E-state index < -0.39 is 31.7 Å². The number of hydrogen-bond acceptors (Lipinski definition) is 7. The molecule has 2 fully saturated rings. The van der Waals surface area contributed by atoms with Crippen molar-refractivity contribution in [2.75, 3.05) is 23.4 Å². The van der Waals surface area contributed by atoms with Gasteiger partial charge in [0, 0.05) is 23.5 Å². The monoisotopic (exact) mass is 869 g/mol. The number of allylic oxidation sites excluding steroid dienone is 1. The Morgan fingerprint density at radius 1 is 0.828 bits per heavy atom. The number of ether oxygens (including phenoxy) is 1. The SMILES string of the molecule is CC(C)(C)[Si](OCC1=C2[C@@H](CC/C(=C/c3ccc(O)c(F)c3)c3ccccn3)OC[C@@H]2[C@@H]2C(=O)N(c3ccc(Nc4ccccc4)cc3)C(=O)[C@@H]2C1)(c1ccccc1)c1ccccc1. The summed E-state index contributed by atoms with van der Waals surface area (Å²) in [6, 6.07) is 48.4. The van der Waals surface area contributed by atoms with E-state index in [-0.39, 0.29) is 35.5 Å². The van der Waals surface area contributed by atoms with E-state index in [0.717, 1.165) is 44.2 Å². The molecule has 324 valence electrons. The lowest BCUT2D eigenvalue weighted by Crippen LogP contribution is -2.66. The number of amides is 2. The second-order valence-electron chi connectivity index (χ2n) is 18.0. The average Bonchev–Trinajstić information content (AvgIpc) is 3.84. The standard InChI is InChI=1S/C54H52FN3O5Si/c1-54(2,3)64(42-17-9-5-10-18-42,43-19-11-6-12-20-43)63-34-38-33-44-51(53(61)58(52(44)60)41-26-24-40(25-27-41)57-39-15-7-4-8-16-39)45-35-62-49(50(38)45)29-23-37(47-21-13-14-30-56-47)31-36-22-28-48(59)46(55)32-36/h4-22,24-28,30-32,44-45,49,51,57,59H,23,29,33-35H2,1-3H3/b37-31-/t44-,45+,49-,51-/m1/s1. The number of anilines is 3. The molecule has 1 aliphatic carbocycles. The maximum atomic E-state index is 14.7. The normalized spacial score (nSPS) is 20.1. The Hall–Kier alpha value is -6.46. The fourth-order valence-corrected chi connectivity index (χ4v) is 14.7. The van der Waals surface area contributed by atoms with Gasteiger partial charge >= 0.3 is 0 Å². The lowest BCUT2D eigenvalue weighted by Gasteiger charge is -2.44. The predicted octanol–water partition coefficient (Wildman–Crippen LogP) is 10.1. The molecule has 2 aliphatic heterocycles. The number of phenols is 1.